The largest absolute Gasteiger partial charge is 0.399 e. The van der Waals surface area contributed by atoms with Crippen molar-refractivity contribution in [3.8, 4) is 0 Å². The zero-order valence-corrected chi connectivity index (χ0v) is 11.9. The predicted molar refractivity (Wildman–Crippen MR) is 83.8 cm³/mol. The summed E-state index contributed by atoms with van der Waals surface area (Å²) in [5, 5.41) is 0. The summed E-state index contributed by atoms with van der Waals surface area (Å²) < 4.78 is 0. The zero-order chi connectivity index (χ0) is 13.2. The average molecular weight is 270 g/mol. The molecule has 2 nitrogen and oxygen atoms in total. The van der Waals surface area contributed by atoms with Crippen molar-refractivity contribution in [2.75, 3.05) is 22.9 Å². The summed E-state index contributed by atoms with van der Waals surface area (Å²) in [6, 6.07) is 17.3. The van der Waals surface area contributed by atoms with Gasteiger partial charge in [0.1, 0.15) is 0 Å². The fourth-order valence-electron chi connectivity index (χ4n) is 2.57. The maximum Gasteiger partial charge on any atom is 0.0530 e. The number of nitrogens with zero attached hydrogens (tertiary/aromatic N) is 1. The average Bonchev–Trinajstić information content (AvgIpc) is 2.47. The van der Waals surface area contributed by atoms with E-state index in [1.165, 1.54) is 16.1 Å². The van der Waals surface area contributed by atoms with E-state index in [-0.39, 0.29) is 0 Å². The Morgan fingerprint density at radius 1 is 1.16 bits per heavy atom. The maximum absolute atomic E-state index is 5.95. The highest BCUT2D eigenvalue weighted by atomic mass is 32.2. The monoisotopic (exact) mass is 270 g/mol. The second kappa shape index (κ2) is 5.17. The van der Waals surface area contributed by atoms with Crippen LogP contribution in [0.3, 0.4) is 0 Å². The van der Waals surface area contributed by atoms with Crippen molar-refractivity contribution in [2.24, 2.45) is 0 Å². The highest BCUT2D eigenvalue weighted by Crippen LogP contribution is 2.40. The second-order valence-corrected chi connectivity index (χ2v) is 5.99. The molecule has 98 valence electrons. The molecule has 3 heteroatoms. The van der Waals surface area contributed by atoms with E-state index < -0.39 is 0 Å². The summed E-state index contributed by atoms with van der Waals surface area (Å²) in [5.74, 6) is 1.13. The summed E-state index contributed by atoms with van der Waals surface area (Å²) >= 11 is 1.92. The van der Waals surface area contributed by atoms with Crippen LogP contribution in [-0.2, 0) is 0 Å². The van der Waals surface area contributed by atoms with Gasteiger partial charge in [0, 0.05) is 22.9 Å². The minimum atomic E-state index is 0.377. The van der Waals surface area contributed by atoms with E-state index in [4.69, 9.17) is 5.73 Å². The van der Waals surface area contributed by atoms with Crippen molar-refractivity contribution < 1.29 is 0 Å². The number of hydrogen-bond acceptors (Lipinski definition) is 3. The number of hydrogen-bond donors (Lipinski definition) is 1. The van der Waals surface area contributed by atoms with Crippen molar-refractivity contribution in [2.45, 2.75) is 17.9 Å². The van der Waals surface area contributed by atoms with E-state index in [0.717, 1.165) is 18.0 Å². The maximum atomic E-state index is 5.95. The Morgan fingerprint density at radius 3 is 2.74 bits per heavy atom. The van der Waals surface area contributed by atoms with Gasteiger partial charge in [-0.25, -0.2) is 0 Å². The molecule has 2 aromatic rings. The first-order valence-corrected chi connectivity index (χ1v) is 7.58. The normalized spacial score (nSPS) is 15.9. The molecular weight excluding hydrogens is 252 g/mol. The van der Waals surface area contributed by atoms with Gasteiger partial charge in [-0.1, -0.05) is 30.3 Å². The fourth-order valence-corrected chi connectivity index (χ4v) is 3.57. The molecule has 0 bridgehead atoms. The Kier molecular flexibility index (Phi) is 3.38. The van der Waals surface area contributed by atoms with Gasteiger partial charge in [-0.05, 0) is 30.7 Å². The van der Waals surface area contributed by atoms with Crippen LogP contribution in [0.4, 0.5) is 11.4 Å². The summed E-state index contributed by atoms with van der Waals surface area (Å²) in [5.41, 5.74) is 9.41. The molecule has 0 aliphatic carbocycles. The summed E-state index contributed by atoms with van der Waals surface area (Å²) in [6.45, 7) is 3.33. The van der Waals surface area contributed by atoms with Crippen LogP contribution in [0.1, 0.15) is 18.5 Å². The lowest BCUT2D eigenvalue weighted by atomic mass is 10.1. The van der Waals surface area contributed by atoms with Crippen molar-refractivity contribution in [1.82, 2.24) is 0 Å². The van der Waals surface area contributed by atoms with E-state index >= 15 is 0 Å². The number of thioether (sulfide) groups is 1. The van der Waals surface area contributed by atoms with E-state index in [9.17, 15) is 0 Å². The van der Waals surface area contributed by atoms with Gasteiger partial charge in [-0.2, -0.15) is 0 Å². The quantitative estimate of drug-likeness (QED) is 0.838. The number of benzene rings is 2. The molecule has 1 unspecified atom stereocenters. The molecule has 0 radical (unpaired) electrons. The van der Waals surface area contributed by atoms with E-state index in [0.29, 0.717) is 6.04 Å². The highest BCUT2D eigenvalue weighted by molar-refractivity contribution is 7.99. The molecular formula is C16H18N2S. The molecule has 0 fully saturated rings. The Hall–Kier alpha value is -1.61. The minimum Gasteiger partial charge on any atom is -0.399 e. The SMILES string of the molecule is CC(c1ccccc1)N1CCSc2ccc(N)cc21. The fraction of sp³-hybridized carbons (Fsp3) is 0.250. The Balaban J connectivity index is 1.97. The third kappa shape index (κ3) is 2.43. The highest BCUT2D eigenvalue weighted by Gasteiger charge is 2.22. The van der Waals surface area contributed by atoms with Gasteiger partial charge < -0.3 is 10.6 Å². The van der Waals surface area contributed by atoms with Gasteiger partial charge in [0.25, 0.3) is 0 Å². The molecule has 0 amide bonds. The van der Waals surface area contributed by atoms with Crippen LogP contribution in [-0.4, -0.2) is 12.3 Å². The lowest BCUT2D eigenvalue weighted by Gasteiger charge is -2.36. The number of rotatable bonds is 2. The Labute approximate surface area is 118 Å². The molecule has 1 aliphatic heterocycles. The molecule has 0 saturated heterocycles. The van der Waals surface area contributed by atoms with Crippen LogP contribution in [0.15, 0.2) is 53.4 Å². The van der Waals surface area contributed by atoms with Crippen LogP contribution >= 0.6 is 11.8 Å². The second-order valence-electron chi connectivity index (χ2n) is 4.86. The number of anilines is 2. The summed E-state index contributed by atoms with van der Waals surface area (Å²) in [7, 11) is 0. The third-order valence-electron chi connectivity index (χ3n) is 3.63. The third-order valence-corrected chi connectivity index (χ3v) is 4.67. The molecule has 1 heterocycles. The molecule has 2 N–H and O–H groups in total. The Morgan fingerprint density at radius 2 is 1.95 bits per heavy atom. The van der Waals surface area contributed by atoms with E-state index in [2.05, 4.69) is 54.3 Å². The van der Waals surface area contributed by atoms with Gasteiger partial charge in [0.05, 0.1) is 11.7 Å². The lowest BCUT2D eigenvalue weighted by molar-refractivity contribution is 0.682. The minimum absolute atomic E-state index is 0.377. The van der Waals surface area contributed by atoms with Crippen LogP contribution in [0.2, 0.25) is 0 Å². The topological polar surface area (TPSA) is 29.3 Å². The van der Waals surface area contributed by atoms with Crippen molar-refractivity contribution >= 4 is 23.1 Å². The molecule has 1 atom stereocenters. The van der Waals surface area contributed by atoms with Crippen molar-refractivity contribution in [3.05, 3.63) is 54.1 Å². The Bertz CT molecular complexity index is 568. The van der Waals surface area contributed by atoms with Gasteiger partial charge in [-0.15, -0.1) is 11.8 Å². The summed E-state index contributed by atoms with van der Waals surface area (Å²) in [6.07, 6.45) is 0. The first kappa shape index (κ1) is 12.4. The molecule has 0 spiro atoms. The van der Waals surface area contributed by atoms with Gasteiger partial charge in [-0.3, -0.25) is 0 Å². The van der Waals surface area contributed by atoms with Gasteiger partial charge in [0.15, 0.2) is 0 Å². The van der Waals surface area contributed by atoms with Crippen LogP contribution in [0, 0.1) is 0 Å². The van der Waals surface area contributed by atoms with Crippen LogP contribution in [0.5, 0.6) is 0 Å². The molecule has 19 heavy (non-hydrogen) atoms. The van der Waals surface area contributed by atoms with Crippen LogP contribution < -0.4 is 10.6 Å². The lowest BCUT2D eigenvalue weighted by Crippen LogP contribution is -2.32. The smallest absolute Gasteiger partial charge is 0.0530 e. The first-order valence-electron chi connectivity index (χ1n) is 6.59. The van der Waals surface area contributed by atoms with Crippen molar-refractivity contribution in [1.29, 1.82) is 0 Å². The zero-order valence-electron chi connectivity index (χ0n) is 11.0. The van der Waals surface area contributed by atoms with Gasteiger partial charge >= 0.3 is 0 Å². The number of fused-ring (bicyclic) bond motifs is 1. The predicted octanol–water partition coefficient (Wildman–Crippen LogP) is 3.94. The number of nitrogen functional groups attached to an aromatic ring is 1. The first-order chi connectivity index (χ1) is 9.25. The van der Waals surface area contributed by atoms with E-state index in [1.807, 2.05) is 17.8 Å². The standard InChI is InChI=1S/C16H18N2S/c1-12(13-5-3-2-4-6-13)18-9-10-19-16-8-7-14(17)11-15(16)18/h2-8,11-12H,9-10,17H2,1H3. The van der Waals surface area contributed by atoms with Crippen LogP contribution in [0.25, 0.3) is 0 Å². The molecule has 3 rings (SSSR count). The molecule has 1 aliphatic rings. The van der Waals surface area contributed by atoms with E-state index in [1.54, 1.807) is 0 Å². The van der Waals surface area contributed by atoms with Crippen molar-refractivity contribution in [3.63, 3.8) is 0 Å². The molecule has 0 saturated carbocycles. The summed E-state index contributed by atoms with van der Waals surface area (Å²) in [4.78, 5) is 3.79. The number of nitrogens with two attached hydrogens (primary N) is 1. The van der Waals surface area contributed by atoms with Gasteiger partial charge in [0.2, 0.25) is 0 Å². The molecule has 0 aromatic heterocycles. The molecule has 2 aromatic carbocycles.